The van der Waals surface area contributed by atoms with Gasteiger partial charge in [-0.05, 0) is 29.8 Å². The van der Waals surface area contributed by atoms with Crippen LogP contribution in [0.15, 0.2) is 53.2 Å². The summed E-state index contributed by atoms with van der Waals surface area (Å²) in [6, 6.07) is 12.0. The van der Waals surface area contributed by atoms with E-state index in [9.17, 15) is 0 Å². The summed E-state index contributed by atoms with van der Waals surface area (Å²) in [7, 11) is 0. The van der Waals surface area contributed by atoms with E-state index in [4.69, 9.17) is 10.2 Å². The maximum atomic E-state index is 5.57. The third-order valence-corrected chi connectivity index (χ3v) is 2.76. The number of nitrogens with two attached hydrogens (primary N) is 1. The number of pyridine rings is 1. The first-order valence-electron chi connectivity index (χ1n) is 5.50. The average molecular weight is 224 g/mol. The standard InChI is InChI=1S/C14H12N2O/c15-8-13-7-12-6-10(3-4-14(12)17-13)11-2-1-5-16-9-11/h1-7,9H,8,15H2. The molecule has 0 aliphatic carbocycles. The third-order valence-electron chi connectivity index (χ3n) is 2.76. The lowest BCUT2D eigenvalue weighted by Crippen LogP contribution is -1.92. The molecule has 0 fully saturated rings. The zero-order chi connectivity index (χ0) is 11.7. The fourth-order valence-electron chi connectivity index (χ4n) is 1.91. The fourth-order valence-corrected chi connectivity index (χ4v) is 1.91. The molecular weight excluding hydrogens is 212 g/mol. The summed E-state index contributed by atoms with van der Waals surface area (Å²) >= 11 is 0. The molecular formula is C14H12N2O. The van der Waals surface area contributed by atoms with E-state index in [1.807, 2.05) is 36.5 Å². The molecule has 0 aliphatic heterocycles. The molecule has 3 nitrogen and oxygen atoms in total. The van der Waals surface area contributed by atoms with Crippen molar-refractivity contribution in [2.45, 2.75) is 6.54 Å². The van der Waals surface area contributed by atoms with E-state index in [1.54, 1.807) is 6.20 Å². The van der Waals surface area contributed by atoms with Crippen LogP contribution in [-0.4, -0.2) is 4.98 Å². The highest BCUT2D eigenvalue weighted by Gasteiger charge is 2.04. The number of fused-ring (bicyclic) bond motifs is 1. The molecule has 3 aromatic rings. The Morgan fingerprint density at radius 3 is 2.82 bits per heavy atom. The van der Waals surface area contributed by atoms with Gasteiger partial charge in [0, 0.05) is 23.3 Å². The molecule has 0 bridgehead atoms. The van der Waals surface area contributed by atoms with E-state index in [-0.39, 0.29) is 0 Å². The van der Waals surface area contributed by atoms with Crippen LogP contribution < -0.4 is 5.73 Å². The molecule has 0 radical (unpaired) electrons. The Morgan fingerprint density at radius 1 is 1.12 bits per heavy atom. The Hall–Kier alpha value is -2.13. The summed E-state index contributed by atoms with van der Waals surface area (Å²) in [5.41, 5.74) is 8.67. The van der Waals surface area contributed by atoms with Crippen LogP contribution in [-0.2, 0) is 6.54 Å². The topological polar surface area (TPSA) is 52.0 Å². The first-order valence-corrected chi connectivity index (χ1v) is 5.50. The first-order chi connectivity index (χ1) is 8.36. The van der Waals surface area contributed by atoms with Crippen LogP contribution >= 0.6 is 0 Å². The van der Waals surface area contributed by atoms with E-state index in [0.29, 0.717) is 6.54 Å². The van der Waals surface area contributed by atoms with Crippen LogP contribution in [0.25, 0.3) is 22.1 Å². The normalized spacial score (nSPS) is 10.9. The minimum absolute atomic E-state index is 0.427. The maximum absolute atomic E-state index is 5.57. The average Bonchev–Trinajstić information content (AvgIpc) is 2.81. The summed E-state index contributed by atoms with van der Waals surface area (Å²) in [6.07, 6.45) is 3.62. The van der Waals surface area contributed by atoms with Crippen molar-refractivity contribution in [1.82, 2.24) is 4.98 Å². The molecule has 84 valence electrons. The fraction of sp³-hybridized carbons (Fsp3) is 0.0714. The Kier molecular flexibility index (Phi) is 2.38. The molecule has 0 saturated carbocycles. The third kappa shape index (κ3) is 1.81. The Balaban J connectivity index is 2.13. The van der Waals surface area contributed by atoms with E-state index in [2.05, 4.69) is 11.1 Å². The molecule has 0 atom stereocenters. The summed E-state index contributed by atoms with van der Waals surface area (Å²) in [4.78, 5) is 4.12. The number of furan rings is 1. The first kappa shape index (κ1) is 10.1. The Labute approximate surface area is 98.9 Å². The molecule has 2 heterocycles. The second-order valence-corrected chi connectivity index (χ2v) is 3.91. The summed E-state index contributed by atoms with van der Waals surface area (Å²) in [5.74, 6) is 0.809. The van der Waals surface area contributed by atoms with Gasteiger partial charge in [0.2, 0.25) is 0 Å². The molecule has 17 heavy (non-hydrogen) atoms. The van der Waals surface area contributed by atoms with Crippen LogP contribution in [0.5, 0.6) is 0 Å². The Bertz CT molecular complexity index is 644. The van der Waals surface area contributed by atoms with Gasteiger partial charge in [-0.25, -0.2) is 0 Å². The van der Waals surface area contributed by atoms with Crippen molar-refractivity contribution in [3.63, 3.8) is 0 Å². The molecule has 2 N–H and O–H groups in total. The minimum Gasteiger partial charge on any atom is -0.460 e. The highest BCUT2D eigenvalue weighted by Crippen LogP contribution is 2.26. The predicted molar refractivity (Wildman–Crippen MR) is 67.3 cm³/mol. The van der Waals surface area contributed by atoms with E-state index in [0.717, 1.165) is 27.9 Å². The summed E-state index contributed by atoms with van der Waals surface area (Å²) in [6.45, 7) is 0.427. The molecule has 0 spiro atoms. The largest absolute Gasteiger partial charge is 0.460 e. The molecule has 0 aliphatic rings. The molecule has 1 aromatic carbocycles. The van der Waals surface area contributed by atoms with Gasteiger partial charge in [-0.3, -0.25) is 4.98 Å². The van der Waals surface area contributed by atoms with Gasteiger partial charge >= 0.3 is 0 Å². The van der Waals surface area contributed by atoms with Crippen molar-refractivity contribution in [3.05, 3.63) is 54.6 Å². The number of nitrogens with zero attached hydrogens (tertiary/aromatic N) is 1. The quantitative estimate of drug-likeness (QED) is 0.728. The monoisotopic (exact) mass is 224 g/mol. The maximum Gasteiger partial charge on any atom is 0.134 e. The molecule has 2 aromatic heterocycles. The van der Waals surface area contributed by atoms with Crippen LogP contribution in [0, 0.1) is 0 Å². The van der Waals surface area contributed by atoms with Gasteiger partial charge in [0.25, 0.3) is 0 Å². The highest BCUT2D eigenvalue weighted by molar-refractivity contribution is 5.83. The van der Waals surface area contributed by atoms with Gasteiger partial charge in [0.1, 0.15) is 11.3 Å². The zero-order valence-electron chi connectivity index (χ0n) is 9.26. The van der Waals surface area contributed by atoms with E-state index in [1.165, 1.54) is 0 Å². The van der Waals surface area contributed by atoms with Crippen molar-refractivity contribution in [2.75, 3.05) is 0 Å². The molecule has 0 unspecified atom stereocenters. The van der Waals surface area contributed by atoms with Gasteiger partial charge in [0.05, 0.1) is 6.54 Å². The van der Waals surface area contributed by atoms with Gasteiger partial charge in [-0.1, -0.05) is 12.1 Å². The van der Waals surface area contributed by atoms with Crippen molar-refractivity contribution in [2.24, 2.45) is 5.73 Å². The minimum atomic E-state index is 0.427. The van der Waals surface area contributed by atoms with Crippen molar-refractivity contribution < 1.29 is 4.42 Å². The Morgan fingerprint density at radius 2 is 2.06 bits per heavy atom. The number of hydrogen-bond donors (Lipinski definition) is 1. The number of aromatic nitrogens is 1. The van der Waals surface area contributed by atoms with Gasteiger partial charge < -0.3 is 10.2 Å². The van der Waals surface area contributed by atoms with Crippen molar-refractivity contribution >= 4 is 11.0 Å². The number of hydrogen-bond acceptors (Lipinski definition) is 3. The van der Waals surface area contributed by atoms with Crippen LogP contribution in [0.1, 0.15) is 5.76 Å². The van der Waals surface area contributed by atoms with Crippen molar-refractivity contribution in [3.8, 4) is 11.1 Å². The molecule has 3 heteroatoms. The van der Waals surface area contributed by atoms with Crippen LogP contribution in [0.3, 0.4) is 0 Å². The second kappa shape index (κ2) is 4.03. The highest BCUT2D eigenvalue weighted by atomic mass is 16.3. The smallest absolute Gasteiger partial charge is 0.134 e. The van der Waals surface area contributed by atoms with Crippen LogP contribution in [0.2, 0.25) is 0 Å². The summed E-state index contributed by atoms with van der Waals surface area (Å²) < 4.78 is 5.57. The lowest BCUT2D eigenvalue weighted by molar-refractivity contribution is 0.552. The molecule has 3 rings (SSSR count). The number of benzene rings is 1. The van der Waals surface area contributed by atoms with Gasteiger partial charge in [0.15, 0.2) is 0 Å². The predicted octanol–water partition coefficient (Wildman–Crippen LogP) is 2.95. The summed E-state index contributed by atoms with van der Waals surface area (Å²) in [5, 5.41) is 1.08. The zero-order valence-corrected chi connectivity index (χ0v) is 9.26. The number of rotatable bonds is 2. The van der Waals surface area contributed by atoms with E-state index < -0.39 is 0 Å². The molecule has 0 saturated heterocycles. The van der Waals surface area contributed by atoms with E-state index >= 15 is 0 Å². The van der Waals surface area contributed by atoms with Crippen molar-refractivity contribution in [1.29, 1.82) is 0 Å². The van der Waals surface area contributed by atoms with Gasteiger partial charge in [-0.2, -0.15) is 0 Å². The lowest BCUT2D eigenvalue weighted by Gasteiger charge is -1.99. The SMILES string of the molecule is NCc1cc2cc(-c3cccnc3)ccc2o1. The van der Waals surface area contributed by atoms with Gasteiger partial charge in [-0.15, -0.1) is 0 Å². The second-order valence-electron chi connectivity index (χ2n) is 3.91. The van der Waals surface area contributed by atoms with Crippen LogP contribution in [0.4, 0.5) is 0 Å². The molecule has 0 amide bonds. The lowest BCUT2D eigenvalue weighted by atomic mass is 10.1.